The smallest absolute Gasteiger partial charge is 0.271 e. The number of aromatic nitrogens is 5. The number of carbonyl (C=O) groups excluding carboxylic acids is 1. The van der Waals surface area contributed by atoms with Crippen LogP contribution in [-0.2, 0) is 6.54 Å². The van der Waals surface area contributed by atoms with Gasteiger partial charge >= 0.3 is 0 Å². The van der Waals surface area contributed by atoms with Crippen molar-refractivity contribution in [3.05, 3.63) is 96.7 Å². The highest BCUT2D eigenvalue weighted by Gasteiger charge is 2.16. The minimum absolute atomic E-state index is 0.206. The SMILES string of the molecule is Cc1cccc(-c2cc(-c3ccccc3)nc3cc(C(=O)NCCCn4ccnc4)nn23)c1. The lowest BCUT2D eigenvalue weighted by molar-refractivity contribution is 0.0947. The maximum absolute atomic E-state index is 12.8. The molecule has 0 aliphatic rings. The van der Waals surface area contributed by atoms with Crippen LogP contribution in [0, 0.1) is 6.92 Å². The minimum atomic E-state index is -0.206. The molecule has 0 aliphatic heterocycles. The van der Waals surface area contributed by atoms with E-state index in [-0.39, 0.29) is 5.91 Å². The van der Waals surface area contributed by atoms with Crippen LogP contribution in [-0.4, -0.2) is 36.6 Å². The van der Waals surface area contributed by atoms with Crippen LogP contribution in [0.25, 0.3) is 28.2 Å². The highest BCUT2D eigenvalue weighted by molar-refractivity contribution is 5.93. The number of aryl methyl sites for hydroxylation is 2. The second kappa shape index (κ2) is 9.08. The first-order valence-corrected chi connectivity index (χ1v) is 10.9. The van der Waals surface area contributed by atoms with Crippen LogP contribution < -0.4 is 5.32 Å². The van der Waals surface area contributed by atoms with Gasteiger partial charge in [-0.15, -0.1) is 0 Å². The Kier molecular flexibility index (Phi) is 5.68. The minimum Gasteiger partial charge on any atom is -0.351 e. The standard InChI is InChI=1S/C26H24N6O/c1-19-7-5-10-21(15-19)24-16-22(20-8-3-2-4-9-20)29-25-17-23(30-32(24)25)26(33)28-11-6-13-31-14-12-27-18-31/h2-5,7-10,12,14-18H,6,11,13H2,1H3,(H,28,33). The van der Waals surface area contributed by atoms with Gasteiger partial charge in [-0.2, -0.15) is 5.10 Å². The summed E-state index contributed by atoms with van der Waals surface area (Å²) < 4.78 is 3.74. The zero-order valence-electron chi connectivity index (χ0n) is 18.3. The average molecular weight is 437 g/mol. The molecule has 5 aromatic rings. The Morgan fingerprint density at radius 2 is 1.85 bits per heavy atom. The number of hydrogen-bond acceptors (Lipinski definition) is 4. The van der Waals surface area contributed by atoms with Crippen molar-refractivity contribution >= 4 is 11.6 Å². The largest absolute Gasteiger partial charge is 0.351 e. The van der Waals surface area contributed by atoms with E-state index in [1.807, 2.05) is 59.3 Å². The fourth-order valence-electron chi connectivity index (χ4n) is 3.83. The summed E-state index contributed by atoms with van der Waals surface area (Å²) in [4.78, 5) is 21.6. The second-order valence-corrected chi connectivity index (χ2v) is 7.97. The number of amides is 1. The van der Waals surface area contributed by atoms with Gasteiger partial charge in [-0.05, 0) is 25.5 Å². The molecule has 3 aromatic heterocycles. The van der Waals surface area contributed by atoms with E-state index in [2.05, 4.69) is 34.5 Å². The molecule has 7 nitrogen and oxygen atoms in total. The molecule has 0 bridgehead atoms. The van der Waals surface area contributed by atoms with Crippen molar-refractivity contribution in [3.8, 4) is 22.5 Å². The zero-order valence-corrected chi connectivity index (χ0v) is 18.3. The Bertz CT molecular complexity index is 1390. The number of rotatable bonds is 7. The Morgan fingerprint density at radius 3 is 2.64 bits per heavy atom. The predicted octanol–water partition coefficient (Wildman–Crippen LogP) is 4.39. The summed E-state index contributed by atoms with van der Waals surface area (Å²) in [5.74, 6) is -0.206. The van der Waals surface area contributed by atoms with E-state index >= 15 is 0 Å². The van der Waals surface area contributed by atoms with Gasteiger partial charge in [0.05, 0.1) is 17.7 Å². The van der Waals surface area contributed by atoms with Gasteiger partial charge in [0.1, 0.15) is 0 Å². The summed E-state index contributed by atoms with van der Waals surface area (Å²) >= 11 is 0. The van der Waals surface area contributed by atoms with E-state index in [9.17, 15) is 4.79 Å². The summed E-state index contributed by atoms with van der Waals surface area (Å²) in [6, 6.07) is 22.0. The van der Waals surface area contributed by atoms with Crippen LogP contribution >= 0.6 is 0 Å². The van der Waals surface area contributed by atoms with Gasteiger partial charge in [0.15, 0.2) is 11.3 Å². The number of nitrogens with zero attached hydrogens (tertiary/aromatic N) is 5. The van der Waals surface area contributed by atoms with E-state index in [1.54, 1.807) is 23.1 Å². The molecule has 0 atom stereocenters. The molecule has 7 heteroatoms. The van der Waals surface area contributed by atoms with Crippen LogP contribution in [0.2, 0.25) is 0 Å². The summed E-state index contributed by atoms with van der Waals surface area (Å²) in [6.07, 6.45) is 6.23. The van der Waals surface area contributed by atoms with Gasteiger partial charge in [-0.25, -0.2) is 14.5 Å². The van der Waals surface area contributed by atoms with Crippen molar-refractivity contribution in [2.24, 2.45) is 0 Å². The molecule has 0 spiro atoms. The van der Waals surface area contributed by atoms with Crippen molar-refractivity contribution < 1.29 is 4.79 Å². The first-order valence-electron chi connectivity index (χ1n) is 10.9. The van der Waals surface area contributed by atoms with Gasteiger partial charge in [0.2, 0.25) is 0 Å². The maximum atomic E-state index is 12.8. The fraction of sp³-hybridized carbons (Fsp3) is 0.154. The summed E-state index contributed by atoms with van der Waals surface area (Å²) in [6.45, 7) is 3.41. The third kappa shape index (κ3) is 4.52. The molecule has 3 heterocycles. The van der Waals surface area contributed by atoms with Crippen LogP contribution in [0.3, 0.4) is 0 Å². The highest BCUT2D eigenvalue weighted by Crippen LogP contribution is 2.27. The number of hydrogen-bond donors (Lipinski definition) is 1. The highest BCUT2D eigenvalue weighted by atomic mass is 16.1. The van der Waals surface area contributed by atoms with E-state index < -0.39 is 0 Å². The molecule has 5 rings (SSSR count). The first-order chi connectivity index (χ1) is 16.2. The monoisotopic (exact) mass is 436 g/mol. The number of benzene rings is 2. The molecule has 0 fully saturated rings. The van der Waals surface area contributed by atoms with E-state index in [4.69, 9.17) is 4.98 Å². The summed E-state index contributed by atoms with van der Waals surface area (Å²) in [7, 11) is 0. The van der Waals surface area contributed by atoms with E-state index in [0.29, 0.717) is 17.9 Å². The number of imidazole rings is 1. The van der Waals surface area contributed by atoms with Gasteiger partial charge < -0.3 is 9.88 Å². The topological polar surface area (TPSA) is 77.1 Å². The van der Waals surface area contributed by atoms with E-state index in [0.717, 1.165) is 41.0 Å². The van der Waals surface area contributed by atoms with Gasteiger partial charge in [-0.1, -0.05) is 54.1 Å². The normalized spacial score (nSPS) is 11.1. The van der Waals surface area contributed by atoms with Gasteiger partial charge in [-0.3, -0.25) is 4.79 Å². The molecule has 2 aromatic carbocycles. The Hall–Kier alpha value is -4.26. The van der Waals surface area contributed by atoms with Gasteiger partial charge in [0.25, 0.3) is 5.91 Å². The molecule has 0 saturated carbocycles. The molecule has 1 N–H and O–H groups in total. The Balaban J connectivity index is 1.46. The van der Waals surface area contributed by atoms with E-state index in [1.165, 1.54) is 0 Å². The Labute approximate surface area is 191 Å². The van der Waals surface area contributed by atoms with Crippen molar-refractivity contribution in [1.29, 1.82) is 0 Å². The number of carbonyl (C=O) groups is 1. The molecule has 0 unspecified atom stereocenters. The van der Waals surface area contributed by atoms with Crippen LogP contribution in [0.4, 0.5) is 0 Å². The molecule has 33 heavy (non-hydrogen) atoms. The molecule has 1 amide bonds. The first kappa shape index (κ1) is 20.6. The molecule has 0 saturated heterocycles. The molecular formula is C26H24N6O. The molecule has 164 valence electrons. The summed E-state index contributed by atoms with van der Waals surface area (Å²) in [5.41, 5.74) is 5.91. The van der Waals surface area contributed by atoms with Crippen LogP contribution in [0.5, 0.6) is 0 Å². The number of nitrogens with one attached hydrogen (secondary N) is 1. The van der Waals surface area contributed by atoms with Crippen molar-refractivity contribution in [2.45, 2.75) is 19.9 Å². The third-order valence-corrected chi connectivity index (χ3v) is 5.48. The van der Waals surface area contributed by atoms with Crippen LogP contribution in [0.1, 0.15) is 22.5 Å². The predicted molar refractivity (Wildman–Crippen MR) is 128 cm³/mol. The fourth-order valence-corrected chi connectivity index (χ4v) is 3.83. The zero-order chi connectivity index (χ0) is 22.6. The lowest BCUT2D eigenvalue weighted by atomic mass is 10.1. The average Bonchev–Trinajstić information content (AvgIpc) is 3.51. The lowest BCUT2D eigenvalue weighted by Gasteiger charge is -2.09. The molecule has 0 aliphatic carbocycles. The van der Waals surface area contributed by atoms with Gasteiger partial charge in [0, 0.05) is 42.7 Å². The molecular weight excluding hydrogens is 412 g/mol. The Morgan fingerprint density at radius 1 is 1.00 bits per heavy atom. The maximum Gasteiger partial charge on any atom is 0.271 e. The number of fused-ring (bicyclic) bond motifs is 1. The van der Waals surface area contributed by atoms with Crippen molar-refractivity contribution in [1.82, 2.24) is 29.5 Å². The molecule has 0 radical (unpaired) electrons. The second-order valence-electron chi connectivity index (χ2n) is 7.97. The van der Waals surface area contributed by atoms with Crippen molar-refractivity contribution in [2.75, 3.05) is 6.54 Å². The van der Waals surface area contributed by atoms with Crippen molar-refractivity contribution in [3.63, 3.8) is 0 Å². The third-order valence-electron chi connectivity index (χ3n) is 5.48. The summed E-state index contributed by atoms with van der Waals surface area (Å²) in [5, 5.41) is 7.57. The van der Waals surface area contributed by atoms with Crippen LogP contribution in [0.15, 0.2) is 85.5 Å². The quantitative estimate of drug-likeness (QED) is 0.384. The lowest BCUT2D eigenvalue weighted by Crippen LogP contribution is -2.25.